The van der Waals surface area contributed by atoms with Gasteiger partial charge < -0.3 is 10.8 Å². The first kappa shape index (κ1) is 15.5. The predicted octanol–water partition coefficient (Wildman–Crippen LogP) is 3.53. The molecule has 0 aliphatic heterocycles. The highest BCUT2D eigenvalue weighted by atomic mass is 16.3. The van der Waals surface area contributed by atoms with E-state index in [0.717, 1.165) is 34.2 Å². The summed E-state index contributed by atoms with van der Waals surface area (Å²) in [5, 5.41) is 18.6. The van der Waals surface area contributed by atoms with Gasteiger partial charge in [-0.1, -0.05) is 19.1 Å². The van der Waals surface area contributed by atoms with E-state index >= 15 is 0 Å². The zero-order valence-electron chi connectivity index (χ0n) is 13.2. The number of nitrogens with two attached hydrogens (primary N) is 1. The minimum Gasteiger partial charge on any atom is -0.508 e. The number of nitrogen functional groups attached to an aromatic ring is 1. The van der Waals surface area contributed by atoms with Gasteiger partial charge in [-0.3, -0.25) is 4.98 Å². The van der Waals surface area contributed by atoms with E-state index in [4.69, 9.17) is 11.0 Å². The minimum atomic E-state index is 0.199. The Labute approximate surface area is 140 Å². The van der Waals surface area contributed by atoms with Crippen LogP contribution in [0.15, 0.2) is 48.9 Å². The summed E-state index contributed by atoms with van der Waals surface area (Å²) < 4.78 is 0. The van der Waals surface area contributed by atoms with Gasteiger partial charge in [0.25, 0.3) is 0 Å². The Bertz CT molecular complexity index is 927. The van der Waals surface area contributed by atoms with E-state index in [2.05, 4.69) is 16.0 Å². The third kappa shape index (κ3) is 2.77. The Morgan fingerprint density at radius 1 is 1.12 bits per heavy atom. The fourth-order valence-corrected chi connectivity index (χ4v) is 2.78. The molecule has 0 spiro atoms. The number of rotatable bonds is 3. The normalized spacial score (nSPS) is 10.3. The average Bonchev–Trinajstić information content (AvgIpc) is 2.62. The second-order valence-electron chi connectivity index (χ2n) is 5.39. The summed E-state index contributed by atoms with van der Waals surface area (Å²) in [5.41, 5.74) is 11.1. The van der Waals surface area contributed by atoms with E-state index in [1.54, 1.807) is 30.6 Å². The molecule has 0 atom stereocenters. The predicted molar refractivity (Wildman–Crippen MR) is 93.1 cm³/mol. The smallest absolute Gasteiger partial charge is 0.131 e. The number of aromatic nitrogens is 2. The lowest BCUT2D eigenvalue weighted by Gasteiger charge is -2.16. The van der Waals surface area contributed by atoms with Crippen molar-refractivity contribution in [2.45, 2.75) is 13.3 Å². The molecule has 0 saturated heterocycles. The highest BCUT2D eigenvalue weighted by Gasteiger charge is 2.15. The fraction of sp³-hybridized carbons (Fsp3) is 0.105. The first-order valence-electron chi connectivity index (χ1n) is 7.56. The zero-order chi connectivity index (χ0) is 17.1. The molecule has 2 heterocycles. The monoisotopic (exact) mass is 316 g/mol. The number of phenolic OH excluding ortho intramolecular Hbond substituents is 1. The molecule has 0 unspecified atom stereocenters. The van der Waals surface area contributed by atoms with Crippen LogP contribution >= 0.6 is 0 Å². The number of hydrogen-bond donors (Lipinski definition) is 2. The third-order valence-corrected chi connectivity index (χ3v) is 3.90. The van der Waals surface area contributed by atoms with Crippen LogP contribution in [0.5, 0.6) is 5.75 Å². The molecule has 3 aromatic rings. The molecule has 3 N–H and O–H groups in total. The lowest BCUT2D eigenvalue weighted by molar-refractivity contribution is 0.475. The van der Waals surface area contributed by atoms with Gasteiger partial charge in [-0.15, -0.1) is 0 Å². The van der Waals surface area contributed by atoms with Crippen molar-refractivity contribution >= 4 is 5.82 Å². The van der Waals surface area contributed by atoms with E-state index in [1.165, 1.54) is 6.20 Å². The van der Waals surface area contributed by atoms with Crippen molar-refractivity contribution in [2.75, 3.05) is 5.73 Å². The van der Waals surface area contributed by atoms with Crippen molar-refractivity contribution in [3.05, 3.63) is 60.0 Å². The van der Waals surface area contributed by atoms with Gasteiger partial charge in [0, 0.05) is 35.3 Å². The van der Waals surface area contributed by atoms with E-state index in [9.17, 15) is 5.11 Å². The van der Waals surface area contributed by atoms with Crippen LogP contribution in [0.4, 0.5) is 5.82 Å². The quantitative estimate of drug-likeness (QED) is 0.770. The summed E-state index contributed by atoms with van der Waals surface area (Å²) in [4.78, 5) is 8.45. The second-order valence-corrected chi connectivity index (χ2v) is 5.39. The van der Waals surface area contributed by atoms with E-state index < -0.39 is 0 Å². The van der Waals surface area contributed by atoms with Crippen LogP contribution in [0.2, 0.25) is 0 Å². The Morgan fingerprint density at radius 3 is 2.54 bits per heavy atom. The molecule has 0 amide bonds. The molecular formula is C19H16N4O. The zero-order valence-corrected chi connectivity index (χ0v) is 13.2. The summed E-state index contributed by atoms with van der Waals surface area (Å²) in [5.74, 6) is 0.635. The van der Waals surface area contributed by atoms with Crippen molar-refractivity contribution < 1.29 is 5.11 Å². The van der Waals surface area contributed by atoms with Crippen LogP contribution in [0, 0.1) is 11.3 Å². The van der Waals surface area contributed by atoms with Crippen molar-refractivity contribution in [1.29, 1.82) is 5.26 Å². The molecule has 5 nitrogen and oxygen atoms in total. The van der Waals surface area contributed by atoms with Gasteiger partial charge in [-0.25, -0.2) is 4.98 Å². The molecule has 0 aliphatic carbocycles. The number of phenols is 1. The molecule has 5 heteroatoms. The molecule has 0 fully saturated rings. The molecule has 24 heavy (non-hydrogen) atoms. The van der Waals surface area contributed by atoms with Crippen molar-refractivity contribution in [1.82, 2.24) is 9.97 Å². The first-order chi connectivity index (χ1) is 11.6. The number of anilines is 1. The Balaban J connectivity index is 2.24. The highest BCUT2D eigenvalue weighted by molar-refractivity contribution is 5.84. The minimum absolute atomic E-state index is 0.199. The molecule has 1 aromatic carbocycles. The molecule has 3 rings (SSSR count). The summed E-state index contributed by atoms with van der Waals surface area (Å²) >= 11 is 0. The highest BCUT2D eigenvalue weighted by Crippen LogP contribution is 2.36. The summed E-state index contributed by atoms with van der Waals surface area (Å²) in [6.45, 7) is 2.05. The van der Waals surface area contributed by atoms with Gasteiger partial charge in [-0.05, 0) is 35.7 Å². The lowest BCUT2D eigenvalue weighted by atomic mass is 9.92. The number of nitriles is 1. The molecule has 0 aliphatic rings. The number of nitrogens with zero attached hydrogens (tertiary/aromatic N) is 3. The number of hydrogen-bond acceptors (Lipinski definition) is 5. The summed E-state index contributed by atoms with van der Waals surface area (Å²) in [6, 6.07) is 10.8. The fourth-order valence-electron chi connectivity index (χ4n) is 2.78. The summed E-state index contributed by atoms with van der Waals surface area (Å²) in [7, 11) is 0. The average molecular weight is 316 g/mol. The maximum Gasteiger partial charge on any atom is 0.131 e. The SMILES string of the molecule is CCc1c(-c2cncc(C#N)c2)cnc(N)c1-c1ccc(O)cc1. The Hall–Kier alpha value is -3.39. The van der Waals surface area contributed by atoms with Crippen molar-refractivity contribution in [3.8, 4) is 34.1 Å². The standard InChI is InChI=1S/C19H16N4O/c1-2-16-17(14-7-12(8-20)9-22-10-14)11-23-19(21)18(16)13-3-5-15(24)6-4-13/h3-7,9-11,24H,2H2,1H3,(H2,21,23). The van der Waals surface area contributed by atoms with Crippen LogP contribution in [-0.4, -0.2) is 15.1 Å². The Kier molecular flexibility index (Phi) is 4.13. The second kappa shape index (κ2) is 6.39. The van der Waals surface area contributed by atoms with E-state index in [1.807, 2.05) is 19.1 Å². The van der Waals surface area contributed by atoms with Gasteiger partial charge in [0.05, 0.1) is 5.56 Å². The third-order valence-electron chi connectivity index (χ3n) is 3.90. The van der Waals surface area contributed by atoms with Crippen LogP contribution in [0.1, 0.15) is 18.1 Å². The van der Waals surface area contributed by atoms with Crippen molar-refractivity contribution in [2.24, 2.45) is 0 Å². The lowest BCUT2D eigenvalue weighted by Crippen LogP contribution is -2.01. The van der Waals surface area contributed by atoms with Gasteiger partial charge >= 0.3 is 0 Å². The van der Waals surface area contributed by atoms with Gasteiger partial charge in [0.15, 0.2) is 0 Å². The summed E-state index contributed by atoms with van der Waals surface area (Å²) in [6.07, 6.45) is 5.71. The van der Waals surface area contributed by atoms with Crippen LogP contribution in [0.3, 0.4) is 0 Å². The number of benzene rings is 1. The molecule has 0 radical (unpaired) electrons. The van der Waals surface area contributed by atoms with Gasteiger partial charge in [-0.2, -0.15) is 5.26 Å². The maximum absolute atomic E-state index is 9.50. The largest absolute Gasteiger partial charge is 0.508 e. The van der Waals surface area contributed by atoms with Crippen LogP contribution in [-0.2, 0) is 6.42 Å². The first-order valence-corrected chi connectivity index (χ1v) is 7.56. The van der Waals surface area contributed by atoms with Gasteiger partial charge in [0.2, 0.25) is 0 Å². The molecular weight excluding hydrogens is 300 g/mol. The molecule has 2 aromatic heterocycles. The van der Waals surface area contributed by atoms with Crippen LogP contribution in [0.25, 0.3) is 22.3 Å². The number of pyridine rings is 2. The van der Waals surface area contributed by atoms with Crippen LogP contribution < -0.4 is 5.73 Å². The Morgan fingerprint density at radius 2 is 1.88 bits per heavy atom. The molecule has 118 valence electrons. The maximum atomic E-state index is 9.50. The molecule has 0 saturated carbocycles. The van der Waals surface area contributed by atoms with Gasteiger partial charge in [0.1, 0.15) is 17.6 Å². The van der Waals surface area contributed by atoms with E-state index in [0.29, 0.717) is 11.4 Å². The topological polar surface area (TPSA) is 95.8 Å². The molecule has 0 bridgehead atoms. The van der Waals surface area contributed by atoms with Crippen molar-refractivity contribution in [3.63, 3.8) is 0 Å². The number of aromatic hydroxyl groups is 1. The van der Waals surface area contributed by atoms with E-state index in [-0.39, 0.29) is 5.75 Å².